The third-order valence-electron chi connectivity index (χ3n) is 1.98. The molecule has 0 saturated carbocycles. The van der Waals surface area contributed by atoms with Crippen LogP contribution in [0.15, 0.2) is 16.9 Å². The van der Waals surface area contributed by atoms with Gasteiger partial charge >= 0.3 is 0 Å². The van der Waals surface area contributed by atoms with Crippen molar-refractivity contribution in [3.8, 4) is 0 Å². The van der Waals surface area contributed by atoms with Crippen LogP contribution in [0.1, 0.15) is 17.2 Å². The number of ether oxygens (including phenoxy) is 1. The molecule has 0 spiro atoms. The molecule has 3 nitrogen and oxygen atoms in total. The Morgan fingerprint density at radius 2 is 2.14 bits per heavy atom. The van der Waals surface area contributed by atoms with E-state index in [0.29, 0.717) is 13.2 Å². The van der Waals surface area contributed by atoms with Crippen LogP contribution in [0.3, 0.4) is 0 Å². The second-order valence-electron chi connectivity index (χ2n) is 2.81. The molecule has 1 aromatic heterocycles. The maximum absolute atomic E-state index is 5.83. The van der Waals surface area contributed by atoms with Gasteiger partial charge in [0, 0.05) is 16.9 Å². The van der Waals surface area contributed by atoms with Gasteiger partial charge in [-0.2, -0.15) is 0 Å². The molecular formula is C8H11BrCl2N2O. The molecule has 6 heteroatoms. The molecule has 0 amide bonds. The van der Waals surface area contributed by atoms with E-state index in [-0.39, 0.29) is 30.9 Å². The number of rotatable bonds is 0. The minimum atomic E-state index is -0.0289. The lowest BCUT2D eigenvalue weighted by Gasteiger charge is -2.22. The summed E-state index contributed by atoms with van der Waals surface area (Å²) in [6.07, 6.45) is 3.58. The van der Waals surface area contributed by atoms with Gasteiger partial charge < -0.3 is 10.5 Å². The summed E-state index contributed by atoms with van der Waals surface area (Å²) < 4.78 is 6.29. The summed E-state index contributed by atoms with van der Waals surface area (Å²) in [5.41, 5.74) is 8.05. The number of hydrogen-bond acceptors (Lipinski definition) is 3. The molecule has 80 valence electrons. The number of aromatic nitrogens is 1. The van der Waals surface area contributed by atoms with Crippen molar-refractivity contribution in [3.63, 3.8) is 0 Å². The Morgan fingerprint density at radius 1 is 1.43 bits per heavy atom. The average molecular weight is 302 g/mol. The van der Waals surface area contributed by atoms with Gasteiger partial charge in [-0.1, -0.05) is 0 Å². The number of nitrogens with zero attached hydrogens (tertiary/aromatic N) is 1. The summed E-state index contributed by atoms with van der Waals surface area (Å²) in [6, 6.07) is -0.0289. The van der Waals surface area contributed by atoms with E-state index in [0.717, 1.165) is 15.6 Å². The molecule has 2 rings (SSSR count). The Bertz CT molecular complexity index is 311. The Kier molecular flexibility index (Phi) is 5.93. The van der Waals surface area contributed by atoms with E-state index in [2.05, 4.69) is 20.9 Å². The molecule has 1 aliphatic rings. The van der Waals surface area contributed by atoms with E-state index in [1.54, 1.807) is 6.20 Å². The van der Waals surface area contributed by atoms with Crippen molar-refractivity contribution in [2.45, 2.75) is 12.6 Å². The zero-order valence-corrected chi connectivity index (χ0v) is 10.5. The van der Waals surface area contributed by atoms with Gasteiger partial charge in [0.25, 0.3) is 0 Å². The molecule has 0 saturated heterocycles. The van der Waals surface area contributed by atoms with Crippen LogP contribution in [0.4, 0.5) is 0 Å². The second-order valence-corrected chi connectivity index (χ2v) is 3.67. The number of fused-ring (bicyclic) bond motifs is 1. The Balaban J connectivity index is 0.000000845. The van der Waals surface area contributed by atoms with Crippen molar-refractivity contribution < 1.29 is 4.74 Å². The molecule has 0 aliphatic carbocycles. The van der Waals surface area contributed by atoms with Crippen LogP contribution in [0.2, 0.25) is 0 Å². The van der Waals surface area contributed by atoms with Crippen LogP contribution in [0.5, 0.6) is 0 Å². The van der Waals surface area contributed by atoms with Gasteiger partial charge in [-0.15, -0.1) is 24.8 Å². The first-order valence-electron chi connectivity index (χ1n) is 3.74. The topological polar surface area (TPSA) is 48.1 Å². The fourth-order valence-corrected chi connectivity index (χ4v) is 1.79. The predicted octanol–water partition coefficient (Wildman–Crippen LogP) is 2.22. The van der Waals surface area contributed by atoms with E-state index in [1.807, 2.05) is 6.20 Å². The van der Waals surface area contributed by atoms with Gasteiger partial charge in [-0.3, -0.25) is 4.98 Å². The summed E-state index contributed by atoms with van der Waals surface area (Å²) in [6.45, 7) is 1.22. The largest absolute Gasteiger partial charge is 0.375 e. The zero-order valence-electron chi connectivity index (χ0n) is 7.27. The molecule has 1 aromatic rings. The first-order valence-corrected chi connectivity index (χ1v) is 4.54. The summed E-state index contributed by atoms with van der Waals surface area (Å²) >= 11 is 3.41. The van der Waals surface area contributed by atoms with Crippen molar-refractivity contribution in [2.24, 2.45) is 5.73 Å². The standard InChI is InChI=1S/C8H9BrN2O.2ClH/c9-7-2-11-1-5-6(7)3-12-4-8(5)10;;/h1-2,8H,3-4,10H2;2*1H. The lowest BCUT2D eigenvalue weighted by molar-refractivity contribution is 0.0916. The van der Waals surface area contributed by atoms with Gasteiger partial charge in [0.2, 0.25) is 0 Å². The summed E-state index contributed by atoms with van der Waals surface area (Å²) in [4.78, 5) is 4.07. The fourth-order valence-electron chi connectivity index (χ4n) is 1.33. The van der Waals surface area contributed by atoms with Crippen molar-refractivity contribution in [1.82, 2.24) is 4.98 Å². The Morgan fingerprint density at radius 3 is 2.79 bits per heavy atom. The smallest absolute Gasteiger partial charge is 0.0733 e. The van der Waals surface area contributed by atoms with E-state index in [1.165, 1.54) is 0 Å². The minimum Gasteiger partial charge on any atom is -0.375 e. The lowest BCUT2D eigenvalue weighted by Crippen LogP contribution is -2.24. The summed E-state index contributed by atoms with van der Waals surface area (Å²) in [5, 5.41) is 0. The number of hydrogen-bond donors (Lipinski definition) is 1. The molecule has 14 heavy (non-hydrogen) atoms. The zero-order chi connectivity index (χ0) is 8.55. The molecule has 0 aromatic carbocycles. The van der Waals surface area contributed by atoms with Gasteiger partial charge in [0.05, 0.1) is 19.3 Å². The third kappa shape index (κ3) is 2.58. The quantitative estimate of drug-likeness (QED) is 0.799. The normalized spacial score (nSPS) is 18.9. The van der Waals surface area contributed by atoms with Crippen molar-refractivity contribution in [3.05, 3.63) is 28.0 Å². The van der Waals surface area contributed by atoms with E-state index in [4.69, 9.17) is 10.5 Å². The maximum Gasteiger partial charge on any atom is 0.0733 e. The molecule has 1 unspecified atom stereocenters. The van der Waals surface area contributed by atoms with Gasteiger partial charge in [0.1, 0.15) is 0 Å². The van der Waals surface area contributed by atoms with Crippen LogP contribution >= 0.6 is 40.7 Å². The molecule has 0 bridgehead atoms. The average Bonchev–Trinajstić information content (AvgIpc) is 2.07. The van der Waals surface area contributed by atoms with E-state index in [9.17, 15) is 0 Å². The van der Waals surface area contributed by atoms with Crippen LogP contribution in [-0.2, 0) is 11.3 Å². The van der Waals surface area contributed by atoms with Crippen LogP contribution in [0, 0.1) is 0 Å². The highest BCUT2D eigenvalue weighted by molar-refractivity contribution is 9.10. The molecule has 1 atom stereocenters. The number of halogens is 3. The molecular weight excluding hydrogens is 291 g/mol. The Labute approximate surface area is 103 Å². The summed E-state index contributed by atoms with van der Waals surface area (Å²) in [7, 11) is 0. The van der Waals surface area contributed by atoms with Gasteiger partial charge in [-0.25, -0.2) is 0 Å². The van der Waals surface area contributed by atoms with Crippen LogP contribution in [0.25, 0.3) is 0 Å². The predicted molar refractivity (Wildman–Crippen MR) is 63.0 cm³/mol. The lowest BCUT2D eigenvalue weighted by atomic mass is 10.0. The van der Waals surface area contributed by atoms with Crippen molar-refractivity contribution >= 4 is 40.7 Å². The number of nitrogens with two attached hydrogens (primary N) is 1. The number of pyridine rings is 1. The fraction of sp³-hybridized carbons (Fsp3) is 0.375. The second kappa shape index (κ2) is 5.88. The highest BCUT2D eigenvalue weighted by Gasteiger charge is 2.19. The first kappa shape index (κ1) is 14.1. The summed E-state index contributed by atoms with van der Waals surface area (Å²) in [5.74, 6) is 0. The molecule has 1 aliphatic heterocycles. The van der Waals surface area contributed by atoms with Gasteiger partial charge in [-0.05, 0) is 27.1 Å². The Hall–Kier alpha value is 0.130. The molecule has 0 radical (unpaired) electrons. The van der Waals surface area contributed by atoms with Crippen molar-refractivity contribution in [2.75, 3.05) is 6.61 Å². The maximum atomic E-state index is 5.83. The van der Waals surface area contributed by atoms with Crippen molar-refractivity contribution in [1.29, 1.82) is 0 Å². The van der Waals surface area contributed by atoms with E-state index >= 15 is 0 Å². The highest BCUT2D eigenvalue weighted by Crippen LogP contribution is 2.27. The third-order valence-corrected chi connectivity index (χ3v) is 2.66. The van der Waals surface area contributed by atoms with Gasteiger partial charge in [0.15, 0.2) is 0 Å². The first-order chi connectivity index (χ1) is 5.79. The van der Waals surface area contributed by atoms with Crippen LogP contribution < -0.4 is 5.73 Å². The monoisotopic (exact) mass is 300 g/mol. The molecule has 2 heterocycles. The highest BCUT2D eigenvalue weighted by atomic mass is 79.9. The molecule has 2 N–H and O–H groups in total. The minimum absolute atomic E-state index is 0. The molecule has 0 fully saturated rings. The van der Waals surface area contributed by atoms with E-state index < -0.39 is 0 Å². The van der Waals surface area contributed by atoms with Crippen LogP contribution in [-0.4, -0.2) is 11.6 Å². The SMILES string of the molecule is Cl.Cl.NC1COCc2c(Br)cncc21.